The summed E-state index contributed by atoms with van der Waals surface area (Å²) < 4.78 is 78.6. The Morgan fingerprint density at radius 1 is 0.721 bits per heavy atom. The Balaban J connectivity index is 1.97. The van der Waals surface area contributed by atoms with Crippen molar-refractivity contribution in [3.05, 3.63) is 53.6 Å². The van der Waals surface area contributed by atoms with E-state index in [9.17, 15) is 31.1 Å². The predicted octanol–water partition coefficient (Wildman–Crippen LogP) is 3.79. The Labute approximate surface area is 255 Å². The van der Waals surface area contributed by atoms with Crippen LogP contribution in [0.4, 0.5) is 11.4 Å². The van der Waals surface area contributed by atoms with Crippen molar-refractivity contribution in [3.63, 3.8) is 0 Å². The number of phenolic OH excluding ortho intramolecular Hbond substituents is 1. The molecule has 15 nitrogen and oxygen atoms in total. The normalized spacial score (nSPS) is 13.3. The molecule has 0 atom stereocenters. The molecule has 0 aromatic heterocycles. The van der Waals surface area contributed by atoms with Gasteiger partial charge < -0.3 is 24.7 Å². The van der Waals surface area contributed by atoms with Crippen LogP contribution in [0.3, 0.4) is 0 Å². The molecule has 0 bridgehead atoms. The molecular formula is C22H28N4O11P2S4. The van der Waals surface area contributed by atoms with Gasteiger partial charge in [-0.1, -0.05) is 30.3 Å². The number of aryl methyl sites for hydroxylation is 2. The van der Waals surface area contributed by atoms with E-state index in [0.29, 0.717) is 22.5 Å². The van der Waals surface area contributed by atoms with Gasteiger partial charge in [-0.15, -0.1) is 5.11 Å². The average Bonchev–Trinajstić information content (AvgIpc) is 2.88. The first-order valence-corrected chi connectivity index (χ1v) is 21.4. The van der Waals surface area contributed by atoms with Gasteiger partial charge in [0, 0.05) is 35.4 Å². The van der Waals surface area contributed by atoms with E-state index in [1.807, 2.05) is 0 Å². The zero-order valence-electron chi connectivity index (χ0n) is 22.5. The SMILES string of the molecule is Cc1cc(C)c(S(=O)(=O)NCCSP(=O)(O)O)cc1N=Nc1cc(S(=O)(=O)NCCSP(=O)(O)O)c2ccccc2c1O. The van der Waals surface area contributed by atoms with Crippen molar-refractivity contribution in [3.8, 4) is 5.75 Å². The van der Waals surface area contributed by atoms with Crippen LogP contribution in [0.5, 0.6) is 5.75 Å². The number of fused-ring (bicyclic) bond motifs is 1. The first-order valence-electron chi connectivity index (χ1n) is 12.0. The summed E-state index contributed by atoms with van der Waals surface area (Å²) in [5.41, 5.74) is 0.701. The lowest BCUT2D eigenvalue weighted by atomic mass is 10.1. The maximum absolute atomic E-state index is 13.1. The van der Waals surface area contributed by atoms with Crippen LogP contribution in [0.2, 0.25) is 0 Å². The number of phenols is 1. The second kappa shape index (κ2) is 14.1. The Morgan fingerprint density at radius 3 is 1.72 bits per heavy atom. The number of nitrogens with zero attached hydrogens (tertiary/aromatic N) is 2. The number of sulfonamides is 2. The Kier molecular flexibility index (Phi) is 11.6. The van der Waals surface area contributed by atoms with Crippen molar-refractivity contribution in [2.75, 3.05) is 24.6 Å². The van der Waals surface area contributed by atoms with Crippen molar-refractivity contribution in [2.24, 2.45) is 10.2 Å². The summed E-state index contributed by atoms with van der Waals surface area (Å²) in [6.45, 7) is -6.13. The third kappa shape index (κ3) is 10.1. The average molecular weight is 715 g/mol. The molecule has 7 N–H and O–H groups in total. The van der Waals surface area contributed by atoms with Crippen LogP contribution in [0.1, 0.15) is 11.1 Å². The fourth-order valence-corrected chi connectivity index (χ4v) is 9.41. The van der Waals surface area contributed by atoms with E-state index in [-0.39, 0.29) is 67.9 Å². The van der Waals surface area contributed by atoms with Gasteiger partial charge in [0.05, 0.1) is 15.5 Å². The summed E-state index contributed by atoms with van der Waals surface area (Å²) in [7, 11) is -8.37. The van der Waals surface area contributed by atoms with Crippen LogP contribution >= 0.6 is 36.4 Å². The third-order valence-electron chi connectivity index (χ3n) is 5.60. The van der Waals surface area contributed by atoms with E-state index in [1.165, 1.54) is 24.3 Å². The highest BCUT2D eigenvalue weighted by atomic mass is 32.7. The maximum atomic E-state index is 13.1. The topological polar surface area (TPSA) is 252 Å². The summed E-state index contributed by atoms with van der Waals surface area (Å²) in [5, 5.41) is 19.2. The van der Waals surface area contributed by atoms with E-state index in [4.69, 9.17) is 19.6 Å². The minimum atomic E-state index is -4.40. The van der Waals surface area contributed by atoms with Crippen LogP contribution < -0.4 is 9.44 Å². The highest BCUT2D eigenvalue weighted by Gasteiger charge is 2.23. The molecule has 0 aliphatic heterocycles. The molecule has 0 fully saturated rings. The van der Waals surface area contributed by atoms with Crippen LogP contribution in [-0.4, -0.2) is 66.1 Å². The summed E-state index contributed by atoms with van der Waals surface area (Å²) in [6, 6.07) is 9.87. The summed E-state index contributed by atoms with van der Waals surface area (Å²) in [6.07, 6.45) is 0. The number of rotatable bonds is 14. The molecule has 0 saturated carbocycles. The van der Waals surface area contributed by atoms with Crippen molar-refractivity contribution < 1.29 is 50.6 Å². The molecular weight excluding hydrogens is 686 g/mol. The molecule has 0 amide bonds. The van der Waals surface area contributed by atoms with Gasteiger partial charge >= 0.3 is 13.6 Å². The van der Waals surface area contributed by atoms with Crippen LogP contribution in [0.25, 0.3) is 10.8 Å². The molecule has 0 radical (unpaired) electrons. The Hall–Kier alpha value is -1.86. The van der Waals surface area contributed by atoms with Crippen LogP contribution in [-0.2, 0) is 29.2 Å². The van der Waals surface area contributed by atoms with Gasteiger partial charge in [0.15, 0.2) is 5.75 Å². The lowest BCUT2D eigenvalue weighted by Crippen LogP contribution is -2.26. The van der Waals surface area contributed by atoms with E-state index in [1.54, 1.807) is 26.0 Å². The lowest BCUT2D eigenvalue weighted by molar-refractivity contribution is 0.395. The quantitative estimate of drug-likeness (QED) is 0.0714. The van der Waals surface area contributed by atoms with E-state index >= 15 is 0 Å². The van der Waals surface area contributed by atoms with Gasteiger partial charge in [-0.25, -0.2) is 35.4 Å². The molecule has 21 heteroatoms. The molecule has 0 heterocycles. The summed E-state index contributed by atoms with van der Waals surface area (Å²) in [4.78, 5) is 35.4. The lowest BCUT2D eigenvalue weighted by Gasteiger charge is -2.13. The van der Waals surface area contributed by atoms with E-state index < -0.39 is 39.4 Å². The minimum absolute atomic E-state index is 0.0834. The Morgan fingerprint density at radius 2 is 1.19 bits per heavy atom. The monoisotopic (exact) mass is 714 g/mol. The van der Waals surface area contributed by atoms with Crippen molar-refractivity contribution in [1.29, 1.82) is 0 Å². The molecule has 236 valence electrons. The highest BCUT2D eigenvalue weighted by Crippen LogP contribution is 2.50. The number of hydrogen-bond acceptors (Lipinski definition) is 11. The van der Waals surface area contributed by atoms with Gasteiger partial charge in [0.1, 0.15) is 5.69 Å². The van der Waals surface area contributed by atoms with Crippen LogP contribution in [0, 0.1) is 13.8 Å². The first-order chi connectivity index (χ1) is 19.8. The van der Waals surface area contributed by atoms with Gasteiger partial charge in [-0.3, -0.25) is 0 Å². The molecule has 0 saturated heterocycles. The Bertz CT molecular complexity index is 1860. The standard InChI is InChI=1S/C22H28N4O11P2S4/c1-14-11-15(2)20(42(34,35)23-7-9-40-38(28,29)30)12-18(14)25-26-19-13-21(16-5-3-4-6-17(16)22(19)27)43(36,37)24-8-10-41-39(31,32)33/h3-6,11-13,23-24,27H,7-10H2,1-2H3,(H2,28,29,30)(H2,31,32,33). The number of nitrogens with one attached hydrogen (secondary N) is 2. The van der Waals surface area contributed by atoms with Crippen molar-refractivity contribution in [2.45, 2.75) is 23.6 Å². The summed E-state index contributed by atoms with van der Waals surface area (Å²) in [5.74, 6) is -0.774. The molecule has 0 unspecified atom stereocenters. The smallest absolute Gasteiger partial charge is 0.384 e. The molecule has 3 aromatic carbocycles. The van der Waals surface area contributed by atoms with Gasteiger partial charge in [-0.2, -0.15) is 5.11 Å². The number of azo groups is 1. The van der Waals surface area contributed by atoms with Crippen LogP contribution in [0.15, 0.2) is 62.5 Å². The fraction of sp³-hybridized carbons (Fsp3) is 0.273. The van der Waals surface area contributed by atoms with Gasteiger partial charge in [0.25, 0.3) is 0 Å². The fourth-order valence-electron chi connectivity index (χ4n) is 3.77. The molecule has 43 heavy (non-hydrogen) atoms. The molecule has 3 rings (SSSR count). The first kappa shape index (κ1) is 35.6. The van der Waals surface area contributed by atoms with E-state index in [2.05, 4.69) is 19.7 Å². The number of benzene rings is 3. The third-order valence-corrected chi connectivity index (χ3v) is 13.3. The highest BCUT2D eigenvalue weighted by molar-refractivity contribution is 8.54. The van der Waals surface area contributed by atoms with Crippen molar-refractivity contribution >= 4 is 78.6 Å². The molecule has 0 aliphatic carbocycles. The summed E-state index contributed by atoms with van der Waals surface area (Å²) >= 11 is 0.581. The van der Waals surface area contributed by atoms with Crippen molar-refractivity contribution in [1.82, 2.24) is 9.44 Å². The second-order valence-corrected chi connectivity index (χ2v) is 20.0. The minimum Gasteiger partial charge on any atom is -0.505 e. The molecule has 3 aromatic rings. The zero-order valence-corrected chi connectivity index (χ0v) is 27.5. The van der Waals surface area contributed by atoms with E-state index in [0.717, 1.165) is 6.07 Å². The van der Waals surface area contributed by atoms with Gasteiger partial charge in [0.2, 0.25) is 20.0 Å². The molecule has 0 aliphatic rings. The second-order valence-electron chi connectivity index (χ2n) is 8.84. The maximum Gasteiger partial charge on any atom is 0.384 e. The predicted molar refractivity (Wildman–Crippen MR) is 165 cm³/mol. The number of hydrogen-bond donors (Lipinski definition) is 7. The molecule has 0 spiro atoms. The zero-order chi connectivity index (χ0) is 32.2. The largest absolute Gasteiger partial charge is 0.505 e. The number of aromatic hydroxyl groups is 1. The van der Waals surface area contributed by atoms with Gasteiger partial charge in [-0.05, 0) is 59.9 Å².